The van der Waals surface area contributed by atoms with E-state index in [0.717, 1.165) is 42.6 Å². The number of allylic oxidation sites excluding steroid dienone is 5. The average molecular weight is 381 g/mol. The largest absolute Gasteiger partial charge is 0.388 e. The van der Waals surface area contributed by atoms with Gasteiger partial charge in [-0.25, -0.2) is 0 Å². The van der Waals surface area contributed by atoms with Crippen LogP contribution >= 0.6 is 0 Å². The summed E-state index contributed by atoms with van der Waals surface area (Å²) in [6, 6.07) is 0. The summed E-state index contributed by atoms with van der Waals surface area (Å²) in [4.78, 5) is 0. The van der Waals surface area contributed by atoms with Crippen molar-refractivity contribution in [1.29, 1.82) is 0 Å². The minimum absolute atomic E-state index is 0.325. The standard InChI is InChI=1S/C27H40O/c1-19(7-4-8-21-12-13-21)24-16-17-25-23(10-6-18-27(24,25)3)15-14-22-9-5-11-26(28)20(22)2/h4,7,14-15,19,21,24-26,28H,2,5-6,8-13,16-18H2,1,3H3/b7-4+,22-14-,23-15+/t19-,24?,25?,26?,27?/m1/s1. The van der Waals surface area contributed by atoms with Crippen LogP contribution in [0.4, 0.5) is 0 Å². The summed E-state index contributed by atoms with van der Waals surface area (Å²) in [7, 11) is 0. The van der Waals surface area contributed by atoms with E-state index in [9.17, 15) is 5.11 Å². The van der Waals surface area contributed by atoms with E-state index >= 15 is 0 Å². The minimum atomic E-state index is -0.325. The van der Waals surface area contributed by atoms with Crippen molar-refractivity contribution < 1.29 is 5.11 Å². The van der Waals surface area contributed by atoms with Gasteiger partial charge in [0.1, 0.15) is 0 Å². The SMILES string of the molecule is C=C1/C(=C\C=C2/CCCC3(C)C2CCC3[C@H](C)/C=C/CC2CC2)CCCC1O. The van der Waals surface area contributed by atoms with E-state index in [1.54, 1.807) is 5.57 Å². The third-order valence-corrected chi connectivity index (χ3v) is 8.52. The fourth-order valence-electron chi connectivity index (χ4n) is 6.55. The lowest BCUT2D eigenvalue weighted by Gasteiger charge is -2.44. The molecule has 0 saturated heterocycles. The highest BCUT2D eigenvalue weighted by Crippen LogP contribution is 2.59. The second kappa shape index (κ2) is 8.34. The lowest BCUT2D eigenvalue weighted by Crippen LogP contribution is -2.35. The highest BCUT2D eigenvalue weighted by Gasteiger charge is 2.50. The number of aliphatic hydroxyl groups is 1. The van der Waals surface area contributed by atoms with Crippen LogP contribution in [0.1, 0.15) is 84.5 Å². The van der Waals surface area contributed by atoms with Gasteiger partial charge in [-0.2, -0.15) is 0 Å². The normalized spacial score (nSPS) is 40.4. The summed E-state index contributed by atoms with van der Waals surface area (Å²) < 4.78 is 0. The highest BCUT2D eigenvalue weighted by atomic mass is 16.3. The second-order valence-corrected chi connectivity index (χ2v) is 10.4. The molecule has 4 rings (SSSR count). The zero-order valence-electron chi connectivity index (χ0n) is 18.1. The molecule has 0 aliphatic heterocycles. The van der Waals surface area contributed by atoms with Crippen molar-refractivity contribution in [3.05, 3.63) is 47.6 Å². The summed E-state index contributed by atoms with van der Waals surface area (Å²) in [5.74, 6) is 3.29. The van der Waals surface area contributed by atoms with Crippen LogP contribution in [0.3, 0.4) is 0 Å². The Kier molecular flexibility index (Phi) is 6.02. The van der Waals surface area contributed by atoms with E-state index in [1.807, 2.05) is 0 Å². The van der Waals surface area contributed by atoms with Gasteiger partial charge in [-0.05, 0) is 111 Å². The fourth-order valence-corrected chi connectivity index (χ4v) is 6.55. The number of rotatable bonds is 5. The molecule has 154 valence electrons. The lowest BCUT2D eigenvalue weighted by atomic mass is 9.61. The summed E-state index contributed by atoms with van der Waals surface area (Å²) in [5, 5.41) is 10.1. The molecule has 0 amide bonds. The van der Waals surface area contributed by atoms with Crippen molar-refractivity contribution >= 4 is 0 Å². The molecule has 4 fully saturated rings. The maximum Gasteiger partial charge on any atom is 0.0787 e. The molecule has 1 N–H and O–H groups in total. The third-order valence-electron chi connectivity index (χ3n) is 8.52. The molecule has 0 aromatic heterocycles. The van der Waals surface area contributed by atoms with Gasteiger partial charge in [-0.15, -0.1) is 0 Å². The fraction of sp³-hybridized carbons (Fsp3) is 0.704. The van der Waals surface area contributed by atoms with Crippen LogP contribution in [0.25, 0.3) is 0 Å². The Morgan fingerprint density at radius 1 is 1.11 bits per heavy atom. The van der Waals surface area contributed by atoms with Crippen LogP contribution in [0.5, 0.6) is 0 Å². The Bertz CT molecular complexity index is 676. The van der Waals surface area contributed by atoms with Crippen molar-refractivity contribution in [2.24, 2.45) is 29.1 Å². The maximum absolute atomic E-state index is 10.1. The Hall–Kier alpha value is -1.08. The molecular weight excluding hydrogens is 340 g/mol. The number of hydrogen-bond donors (Lipinski definition) is 1. The van der Waals surface area contributed by atoms with Crippen LogP contribution in [-0.4, -0.2) is 11.2 Å². The van der Waals surface area contributed by atoms with Gasteiger partial charge in [0.2, 0.25) is 0 Å². The minimum Gasteiger partial charge on any atom is -0.388 e. The molecule has 5 atom stereocenters. The Labute approximate surface area is 172 Å². The Balaban J connectivity index is 1.47. The van der Waals surface area contributed by atoms with Gasteiger partial charge in [0.25, 0.3) is 0 Å². The second-order valence-electron chi connectivity index (χ2n) is 10.4. The first-order valence-corrected chi connectivity index (χ1v) is 11.9. The molecule has 1 heteroatoms. The first kappa shape index (κ1) is 20.2. The first-order valence-electron chi connectivity index (χ1n) is 11.9. The van der Waals surface area contributed by atoms with Gasteiger partial charge in [0, 0.05) is 0 Å². The molecule has 0 bridgehead atoms. The van der Waals surface area contributed by atoms with Gasteiger partial charge < -0.3 is 5.11 Å². The van der Waals surface area contributed by atoms with Crippen molar-refractivity contribution in [3.63, 3.8) is 0 Å². The van der Waals surface area contributed by atoms with Crippen LogP contribution in [0, 0.1) is 29.1 Å². The highest BCUT2D eigenvalue weighted by molar-refractivity contribution is 5.37. The zero-order valence-corrected chi connectivity index (χ0v) is 18.1. The van der Waals surface area contributed by atoms with Gasteiger partial charge in [0.05, 0.1) is 6.10 Å². The van der Waals surface area contributed by atoms with Crippen LogP contribution in [-0.2, 0) is 0 Å². The molecule has 0 heterocycles. The lowest BCUT2D eigenvalue weighted by molar-refractivity contribution is 0.112. The summed E-state index contributed by atoms with van der Waals surface area (Å²) in [6.07, 6.45) is 23.4. The van der Waals surface area contributed by atoms with E-state index in [4.69, 9.17) is 0 Å². The van der Waals surface area contributed by atoms with E-state index in [1.165, 1.54) is 56.9 Å². The quantitative estimate of drug-likeness (QED) is 0.502. The van der Waals surface area contributed by atoms with Gasteiger partial charge >= 0.3 is 0 Å². The monoisotopic (exact) mass is 380 g/mol. The predicted molar refractivity (Wildman–Crippen MR) is 119 cm³/mol. The van der Waals surface area contributed by atoms with E-state index in [0.29, 0.717) is 11.3 Å². The summed E-state index contributed by atoms with van der Waals surface area (Å²) in [6.45, 7) is 9.20. The average Bonchev–Trinajstić information content (AvgIpc) is 3.42. The smallest absolute Gasteiger partial charge is 0.0787 e. The molecule has 28 heavy (non-hydrogen) atoms. The molecule has 0 aromatic carbocycles. The van der Waals surface area contributed by atoms with E-state index in [2.05, 4.69) is 44.7 Å². The van der Waals surface area contributed by atoms with E-state index < -0.39 is 0 Å². The Morgan fingerprint density at radius 2 is 1.93 bits per heavy atom. The molecule has 4 aliphatic carbocycles. The molecule has 0 radical (unpaired) electrons. The predicted octanol–water partition coefficient (Wildman–Crippen LogP) is 7.15. The third kappa shape index (κ3) is 4.11. The Morgan fingerprint density at radius 3 is 2.71 bits per heavy atom. The first-order chi connectivity index (χ1) is 13.5. The summed E-state index contributed by atoms with van der Waals surface area (Å²) >= 11 is 0. The molecule has 4 aliphatic rings. The summed E-state index contributed by atoms with van der Waals surface area (Å²) in [5.41, 5.74) is 4.38. The number of hydrogen-bond acceptors (Lipinski definition) is 1. The molecule has 4 unspecified atom stereocenters. The van der Waals surface area contributed by atoms with Crippen molar-refractivity contribution in [3.8, 4) is 0 Å². The molecule has 0 spiro atoms. The van der Waals surface area contributed by atoms with Crippen LogP contribution in [0.15, 0.2) is 47.6 Å². The van der Waals surface area contributed by atoms with Gasteiger partial charge in [-0.1, -0.05) is 50.3 Å². The molecular formula is C27H40O. The van der Waals surface area contributed by atoms with Gasteiger partial charge in [-0.3, -0.25) is 0 Å². The van der Waals surface area contributed by atoms with Gasteiger partial charge in [0.15, 0.2) is 0 Å². The number of aliphatic hydroxyl groups excluding tert-OH is 1. The van der Waals surface area contributed by atoms with Crippen molar-refractivity contribution in [1.82, 2.24) is 0 Å². The topological polar surface area (TPSA) is 20.2 Å². The molecule has 1 nitrogen and oxygen atoms in total. The van der Waals surface area contributed by atoms with Crippen molar-refractivity contribution in [2.75, 3.05) is 0 Å². The maximum atomic E-state index is 10.1. The molecule has 4 saturated carbocycles. The van der Waals surface area contributed by atoms with Crippen LogP contribution in [0.2, 0.25) is 0 Å². The number of fused-ring (bicyclic) bond motifs is 1. The molecule has 0 aromatic rings. The zero-order chi connectivity index (χ0) is 19.7. The van der Waals surface area contributed by atoms with E-state index in [-0.39, 0.29) is 6.10 Å². The van der Waals surface area contributed by atoms with Crippen LogP contribution < -0.4 is 0 Å². The van der Waals surface area contributed by atoms with Crippen molar-refractivity contribution in [2.45, 2.75) is 90.6 Å².